The highest BCUT2D eigenvalue weighted by Crippen LogP contribution is 2.50. The molecule has 0 aromatic heterocycles. The first-order chi connectivity index (χ1) is 16.2. The van der Waals surface area contributed by atoms with Crippen molar-refractivity contribution < 1.29 is 0 Å². The maximum absolute atomic E-state index is 3.73. The van der Waals surface area contributed by atoms with Crippen LogP contribution in [0, 0.1) is 41.5 Å². The summed E-state index contributed by atoms with van der Waals surface area (Å²) in [5.41, 5.74) is 19.5. The van der Waals surface area contributed by atoms with Crippen LogP contribution in [-0.4, -0.2) is 0 Å². The molecule has 34 heavy (non-hydrogen) atoms. The van der Waals surface area contributed by atoms with Gasteiger partial charge in [-0.1, -0.05) is 59.7 Å². The number of benzene rings is 4. The maximum atomic E-state index is 3.73. The molecule has 0 heterocycles. The third-order valence-corrected chi connectivity index (χ3v) is 7.78. The second-order valence-corrected chi connectivity index (χ2v) is 12.4. The zero-order valence-corrected chi connectivity index (χ0v) is 23.7. The monoisotopic (exact) mass is 570 g/mol. The molecular weight excluding hydrogens is 544 g/mol. The van der Waals surface area contributed by atoms with Gasteiger partial charge in [0.1, 0.15) is 0 Å². The quantitative estimate of drug-likeness (QED) is 0.198. The molecule has 4 aromatic carbocycles. The van der Waals surface area contributed by atoms with Gasteiger partial charge in [0.05, 0.1) is 3.39 Å². The van der Waals surface area contributed by atoms with Gasteiger partial charge in [-0.25, -0.2) is 0 Å². The van der Waals surface area contributed by atoms with E-state index in [-0.39, 0.29) is 0 Å². The number of hydrogen-bond acceptors (Lipinski definition) is 0. The lowest BCUT2D eigenvalue weighted by Gasteiger charge is -2.14. The molecule has 0 N–H and O–H groups in total. The summed E-state index contributed by atoms with van der Waals surface area (Å²) in [5.74, 6) is 0. The molecule has 1 aliphatic rings. The van der Waals surface area contributed by atoms with Crippen molar-refractivity contribution in [3.05, 3.63) is 109 Å². The molecule has 2 heteroatoms. The van der Waals surface area contributed by atoms with E-state index in [1.807, 2.05) is 0 Å². The van der Waals surface area contributed by atoms with Crippen LogP contribution in [0.15, 0.2) is 64.1 Å². The highest BCUT2D eigenvalue weighted by molar-refractivity contribution is 9.28. The van der Waals surface area contributed by atoms with E-state index in [1.165, 1.54) is 83.5 Å². The highest BCUT2D eigenvalue weighted by atomic mass is 79.9. The molecule has 0 bridgehead atoms. The molecule has 0 radical (unpaired) electrons. The van der Waals surface area contributed by atoms with Crippen LogP contribution in [0.2, 0.25) is 0 Å². The second-order valence-electron chi connectivity index (χ2n) is 9.70. The summed E-state index contributed by atoms with van der Waals surface area (Å²) < 4.78 is 0.992. The molecule has 0 atom stereocenters. The van der Waals surface area contributed by atoms with Gasteiger partial charge in [-0.05, 0) is 152 Å². The fraction of sp³-hybridized carbons (Fsp3) is 0.188. The summed E-state index contributed by atoms with van der Waals surface area (Å²) in [6, 6.07) is 23.0. The van der Waals surface area contributed by atoms with E-state index in [0.717, 1.165) is 3.39 Å². The Balaban J connectivity index is 1.76. The molecule has 170 valence electrons. The summed E-state index contributed by atoms with van der Waals surface area (Å²) in [5, 5.41) is 0. The summed E-state index contributed by atoms with van der Waals surface area (Å²) in [7, 11) is 0. The molecule has 0 amide bonds. The van der Waals surface area contributed by atoms with Crippen molar-refractivity contribution in [3.8, 4) is 33.4 Å². The Labute approximate surface area is 220 Å². The van der Waals surface area contributed by atoms with Gasteiger partial charge in [0, 0.05) is 5.57 Å². The zero-order chi connectivity index (χ0) is 24.3. The smallest absolute Gasteiger partial charge is 0.0557 e. The maximum Gasteiger partial charge on any atom is 0.0688 e. The van der Waals surface area contributed by atoms with Crippen molar-refractivity contribution in [1.82, 2.24) is 0 Å². The van der Waals surface area contributed by atoms with Gasteiger partial charge in [-0.3, -0.25) is 0 Å². The van der Waals surface area contributed by atoms with Crippen LogP contribution in [-0.2, 0) is 0 Å². The number of halogens is 2. The molecule has 0 spiro atoms. The van der Waals surface area contributed by atoms with Crippen LogP contribution < -0.4 is 0 Å². The third-order valence-electron chi connectivity index (χ3n) is 6.99. The molecule has 1 aliphatic carbocycles. The minimum absolute atomic E-state index is 0.992. The number of fused-ring (bicyclic) bond motifs is 3. The van der Waals surface area contributed by atoms with Crippen molar-refractivity contribution in [2.24, 2.45) is 0 Å². The Morgan fingerprint density at radius 1 is 0.471 bits per heavy atom. The lowest BCUT2D eigenvalue weighted by Crippen LogP contribution is -1.92. The predicted octanol–water partition coefficient (Wildman–Crippen LogP) is 10.4. The van der Waals surface area contributed by atoms with E-state index in [9.17, 15) is 0 Å². The summed E-state index contributed by atoms with van der Waals surface area (Å²) in [6.07, 6.45) is 0. The Bertz CT molecular complexity index is 1360. The van der Waals surface area contributed by atoms with Crippen LogP contribution >= 0.6 is 31.9 Å². The van der Waals surface area contributed by atoms with Crippen LogP contribution in [0.3, 0.4) is 0 Å². The van der Waals surface area contributed by atoms with Gasteiger partial charge >= 0.3 is 0 Å². The van der Waals surface area contributed by atoms with Crippen LogP contribution in [0.4, 0.5) is 0 Å². The number of aryl methyl sites for hydroxylation is 6. The van der Waals surface area contributed by atoms with E-state index in [0.29, 0.717) is 0 Å². The summed E-state index contributed by atoms with van der Waals surface area (Å²) in [4.78, 5) is 0. The molecule has 0 saturated carbocycles. The Kier molecular flexibility index (Phi) is 5.94. The standard InChI is InChI=1S/C32H28Br2/c1-17-11-19(3)29(20(4)12-17)23-7-9-25-27(15-23)28-16-24(8-10-26(28)31(25)32(33)34)30-21(5)13-18(2)14-22(30)6/h7-16H,1-6H3. The zero-order valence-electron chi connectivity index (χ0n) is 20.5. The minimum Gasteiger partial charge on any atom is -0.0557 e. The van der Waals surface area contributed by atoms with Gasteiger partial charge in [0.2, 0.25) is 0 Å². The van der Waals surface area contributed by atoms with Crippen molar-refractivity contribution in [3.63, 3.8) is 0 Å². The molecule has 0 fully saturated rings. The summed E-state index contributed by atoms with van der Waals surface area (Å²) in [6.45, 7) is 13.2. The minimum atomic E-state index is 0.992. The second kappa shape index (κ2) is 8.66. The van der Waals surface area contributed by atoms with Crippen molar-refractivity contribution in [2.45, 2.75) is 41.5 Å². The van der Waals surface area contributed by atoms with Crippen LogP contribution in [0.25, 0.3) is 39.0 Å². The third kappa shape index (κ3) is 3.82. The van der Waals surface area contributed by atoms with Crippen molar-refractivity contribution >= 4 is 37.4 Å². The largest absolute Gasteiger partial charge is 0.0688 e. The Hall–Kier alpha value is -2.42. The van der Waals surface area contributed by atoms with Gasteiger partial charge in [0.15, 0.2) is 0 Å². The lowest BCUT2D eigenvalue weighted by atomic mass is 9.90. The Morgan fingerprint density at radius 2 is 0.824 bits per heavy atom. The van der Waals surface area contributed by atoms with E-state index in [2.05, 4.69) is 134 Å². The number of hydrogen-bond donors (Lipinski definition) is 0. The first-order valence-electron chi connectivity index (χ1n) is 11.7. The predicted molar refractivity (Wildman–Crippen MR) is 155 cm³/mol. The van der Waals surface area contributed by atoms with Crippen molar-refractivity contribution in [1.29, 1.82) is 0 Å². The molecular formula is C32H28Br2. The average Bonchev–Trinajstić information content (AvgIpc) is 3.06. The van der Waals surface area contributed by atoms with Gasteiger partial charge < -0.3 is 0 Å². The van der Waals surface area contributed by atoms with Gasteiger partial charge in [0.25, 0.3) is 0 Å². The molecule has 4 aromatic rings. The van der Waals surface area contributed by atoms with Gasteiger partial charge in [-0.15, -0.1) is 0 Å². The molecule has 0 saturated heterocycles. The van der Waals surface area contributed by atoms with Gasteiger partial charge in [-0.2, -0.15) is 0 Å². The molecule has 5 rings (SSSR count). The number of rotatable bonds is 2. The van der Waals surface area contributed by atoms with E-state index >= 15 is 0 Å². The average molecular weight is 572 g/mol. The SMILES string of the molecule is Cc1cc(C)c(-c2ccc3c(c2)-c2cc(-c4c(C)cc(C)cc4C)ccc2C3=C(Br)Br)c(C)c1. The summed E-state index contributed by atoms with van der Waals surface area (Å²) >= 11 is 7.45. The van der Waals surface area contributed by atoms with Crippen molar-refractivity contribution in [2.75, 3.05) is 0 Å². The van der Waals surface area contributed by atoms with Crippen LogP contribution in [0.1, 0.15) is 44.5 Å². The first-order valence-corrected chi connectivity index (χ1v) is 13.2. The van der Waals surface area contributed by atoms with E-state index in [1.54, 1.807) is 0 Å². The fourth-order valence-electron chi connectivity index (χ4n) is 5.90. The molecule has 0 aliphatic heterocycles. The Morgan fingerprint density at radius 3 is 1.15 bits per heavy atom. The van der Waals surface area contributed by atoms with Crippen LogP contribution in [0.5, 0.6) is 0 Å². The van der Waals surface area contributed by atoms with E-state index in [4.69, 9.17) is 0 Å². The normalized spacial score (nSPS) is 12.1. The lowest BCUT2D eigenvalue weighted by molar-refractivity contribution is 1.32. The molecule has 0 nitrogen and oxygen atoms in total. The highest BCUT2D eigenvalue weighted by Gasteiger charge is 2.27. The fourth-order valence-corrected chi connectivity index (χ4v) is 6.75. The topological polar surface area (TPSA) is 0 Å². The first kappa shape index (κ1) is 23.3. The van der Waals surface area contributed by atoms with E-state index < -0.39 is 0 Å². The molecule has 0 unspecified atom stereocenters.